The van der Waals surface area contributed by atoms with Gasteiger partial charge in [0.25, 0.3) is 0 Å². The van der Waals surface area contributed by atoms with Crippen LogP contribution in [0.4, 0.5) is 0 Å². The quantitative estimate of drug-likeness (QED) is 0.0347. The normalized spacial score (nSPS) is 40.3. The molecule has 24 heteroatoms. The van der Waals surface area contributed by atoms with E-state index in [1.54, 1.807) is 62.5 Å². The van der Waals surface area contributed by atoms with Crippen molar-refractivity contribution in [2.75, 3.05) is 26.4 Å². The van der Waals surface area contributed by atoms with Crippen LogP contribution in [0.5, 0.6) is 0 Å². The van der Waals surface area contributed by atoms with E-state index in [-0.39, 0.29) is 11.1 Å². The predicted octanol–water partition coefficient (Wildman–Crippen LogP) is -5.23. The van der Waals surface area contributed by atoms with Gasteiger partial charge in [0.15, 0.2) is 12.6 Å². The Morgan fingerprint density at radius 3 is 1.16 bits per heavy atom. The van der Waals surface area contributed by atoms with Crippen LogP contribution in [-0.4, -0.2) is 233 Å². The molecule has 68 heavy (non-hydrogen) atoms. The van der Waals surface area contributed by atoms with Crippen molar-refractivity contribution in [3.8, 4) is 0 Å². The molecule has 0 aromatic heterocycles. The van der Waals surface area contributed by atoms with Crippen molar-refractivity contribution in [2.45, 2.75) is 151 Å². The van der Waals surface area contributed by atoms with Crippen molar-refractivity contribution >= 4 is 11.9 Å². The summed E-state index contributed by atoms with van der Waals surface area (Å²) in [6.45, 7) is 3.84. The Kier molecular flexibility index (Phi) is 22.2. The molecule has 0 bridgehead atoms. The van der Waals surface area contributed by atoms with E-state index in [1.165, 1.54) is 26.0 Å². The number of carbonyl (C=O) groups is 2. The van der Waals surface area contributed by atoms with Crippen LogP contribution < -0.4 is 0 Å². The molecule has 4 aliphatic heterocycles. The fraction of sp³-hybridized carbons (Fsp3) is 0.636. The van der Waals surface area contributed by atoms with Crippen molar-refractivity contribution < 1.29 is 119 Å². The highest BCUT2D eigenvalue weighted by Crippen LogP contribution is 2.28. The fourth-order valence-corrected chi connectivity index (χ4v) is 6.85. The summed E-state index contributed by atoms with van der Waals surface area (Å²) in [5.41, 5.74) is 1.67. The molecule has 0 radical (unpaired) electrons. The van der Waals surface area contributed by atoms with E-state index in [9.17, 15) is 81.1 Å². The molecule has 0 aromatic rings. The number of aliphatic hydroxyl groups is 14. The van der Waals surface area contributed by atoms with E-state index in [4.69, 9.17) is 37.9 Å². The molecule has 0 spiro atoms. The minimum Gasteiger partial charge on any atom is -0.429 e. The molecule has 4 saturated heterocycles. The van der Waals surface area contributed by atoms with Gasteiger partial charge in [0, 0.05) is 11.1 Å². The number of hydrogen-bond donors (Lipinski definition) is 14. The molecule has 4 rings (SSSR count). The molecule has 14 N–H and O–H groups in total. The lowest BCUT2D eigenvalue weighted by molar-refractivity contribution is -0.348. The molecule has 4 aliphatic rings. The monoisotopic (exact) mass is 976 g/mol. The second-order valence-corrected chi connectivity index (χ2v) is 16.5. The maximum absolute atomic E-state index is 12.8. The second kappa shape index (κ2) is 26.5. The van der Waals surface area contributed by atoms with Crippen LogP contribution in [-0.2, 0) is 47.5 Å². The number of carbonyl (C=O) groups excluding carboxylic acids is 2. The lowest BCUT2D eigenvalue weighted by Gasteiger charge is -2.42. The third-order valence-electron chi connectivity index (χ3n) is 11.2. The maximum atomic E-state index is 12.8. The Morgan fingerprint density at radius 2 is 0.721 bits per heavy atom. The summed E-state index contributed by atoms with van der Waals surface area (Å²) >= 11 is 0. The van der Waals surface area contributed by atoms with Crippen molar-refractivity contribution in [1.29, 1.82) is 0 Å². The molecule has 0 unspecified atom stereocenters. The highest BCUT2D eigenvalue weighted by Gasteiger charge is 2.50. The zero-order valence-corrected chi connectivity index (χ0v) is 37.5. The standard InChI is InChI=1S/C44H64O24/c1-19(11-7-13-21(3)39(59)66-43-37(57)33(53)30(50)26(65-43)18-61-41-35(55)32(52)28(48)24(16-46)64-41)9-5-6-10-20(2)12-8-14-22(4)40(60)67-44-38(58)34(54)36(56)42(68-44)62-17-25-29(49)31(51)27(47)23(15-45)63-25/h5-14,23-38,41-58H,15-18H2,1-4H3/b6-5+,11-7+,12-8+,19-9+,20-10+,21-13+,22-14+/t23-,24+,25+,26+,27-,28+,29+,30+,31+,32-,33-,34-,35+,36-,37+,38+,41+,42-,43-,44+/m0/s1. The average molecular weight is 977 g/mol. The second-order valence-electron chi connectivity index (χ2n) is 16.5. The number of ether oxygens (including phenoxy) is 8. The number of esters is 2. The van der Waals surface area contributed by atoms with Crippen molar-refractivity contribution in [2.24, 2.45) is 0 Å². The third kappa shape index (κ3) is 14.9. The summed E-state index contributed by atoms with van der Waals surface area (Å²) in [6.07, 6.45) is -16.9. The van der Waals surface area contributed by atoms with E-state index in [0.717, 1.165) is 11.1 Å². The molecule has 24 nitrogen and oxygen atoms in total. The van der Waals surface area contributed by atoms with Gasteiger partial charge >= 0.3 is 11.9 Å². The Morgan fingerprint density at radius 1 is 0.397 bits per heavy atom. The van der Waals surface area contributed by atoms with Crippen LogP contribution in [0.25, 0.3) is 0 Å². The van der Waals surface area contributed by atoms with Crippen LogP contribution in [0, 0.1) is 0 Å². The van der Waals surface area contributed by atoms with E-state index in [2.05, 4.69) is 0 Å². The van der Waals surface area contributed by atoms with Crippen molar-refractivity contribution in [3.05, 3.63) is 83.1 Å². The number of aliphatic hydroxyl groups excluding tert-OH is 14. The molecule has 4 heterocycles. The first-order valence-corrected chi connectivity index (χ1v) is 21.5. The Hall–Kier alpha value is -3.68. The highest BCUT2D eigenvalue weighted by atomic mass is 16.8. The lowest BCUT2D eigenvalue weighted by atomic mass is 9.95. The molecule has 0 amide bonds. The summed E-state index contributed by atoms with van der Waals surface area (Å²) in [4.78, 5) is 25.6. The van der Waals surface area contributed by atoms with Crippen molar-refractivity contribution in [1.82, 2.24) is 0 Å². The van der Waals surface area contributed by atoms with Crippen LogP contribution >= 0.6 is 0 Å². The van der Waals surface area contributed by atoms with E-state index >= 15 is 0 Å². The van der Waals surface area contributed by atoms with Gasteiger partial charge in [0.05, 0.1) is 26.4 Å². The van der Waals surface area contributed by atoms with Crippen LogP contribution in [0.3, 0.4) is 0 Å². The van der Waals surface area contributed by atoms with Gasteiger partial charge in [-0.3, -0.25) is 0 Å². The minimum atomic E-state index is -1.89. The molecule has 0 aliphatic carbocycles. The van der Waals surface area contributed by atoms with Crippen molar-refractivity contribution in [3.63, 3.8) is 0 Å². The third-order valence-corrected chi connectivity index (χ3v) is 11.2. The van der Waals surface area contributed by atoms with Gasteiger partial charge in [-0.15, -0.1) is 0 Å². The first-order valence-electron chi connectivity index (χ1n) is 21.5. The molecular weight excluding hydrogens is 912 g/mol. The lowest BCUT2D eigenvalue weighted by Crippen LogP contribution is -2.61. The predicted molar refractivity (Wildman–Crippen MR) is 227 cm³/mol. The molecule has 4 fully saturated rings. The SMILES string of the molecule is CC(/C=C/C=C(\C)C(=O)O[C@@H]1O[C@H](CO[C@@H]2O[C@H](CO)[C@@H](O)[C@H](O)[C@H]2O)[C@@H](O)[C@H](O)[C@H]1O)=C\C=C\C=C(C)\C=C\C=C(/C)C(=O)O[C@@H]1O[C@H](OC[C@H]2O[C@@H](CO)[C@H](O)[C@@H](O)[C@@H]2O)[C@@H](O)[C@H](O)[C@H]1O. The molecular formula is C44H64O24. The van der Waals surface area contributed by atoms with Gasteiger partial charge in [-0.05, 0) is 27.7 Å². The van der Waals surface area contributed by atoms with Gasteiger partial charge in [-0.1, -0.05) is 71.9 Å². The molecule has 384 valence electrons. The summed E-state index contributed by atoms with van der Waals surface area (Å²) in [7, 11) is 0. The molecule has 20 atom stereocenters. The smallest absolute Gasteiger partial charge is 0.336 e. The zero-order valence-electron chi connectivity index (χ0n) is 37.5. The van der Waals surface area contributed by atoms with Gasteiger partial charge in [0.2, 0.25) is 12.6 Å². The number of hydrogen-bond acceptors (Lipinski definition) is 24. The van der Waals surface area contributed by atoms with E-state index in [1.807, 2.05) is 0 Å². The fourth-order valence-electron chi connectivity index (χ4n) is 6.85. The van der Waals surface area contributed by atoms with E-state index in [0.29, 0.717) is 0 Å². The van der Waals surface area contributed by atoms with Gasteiger partial charge in [-0.2, -0.15) is 0 Å². The van der Waals surface area contributed by atoms with Crippen LogP contribution in [0.15, 0.2) is 83.1 Å². The summed E-state index contributed by atoms with van der Waals surface area (Å²) in [5, 5.41) is 142. The Labute approximate surface area is 390 Å². The van der Waals surface area contributed by atoms with Crippen LogP contribution in [0.1, 0.15) is 27.7 Å². The number of rotatable bonds is 18. The number of allylic oxidation sites excluding steroid dienone is 12. The minimum absolute atomic E-state index is 0.0630. The summed E-state index contributed by atoms with van der Waals surface area (Å²) in [6, 6.07) is 0. The molecule has 0 saturated carbocycles. The Bertz CT molecular complexity index is 1730. The largest absolute Gasteiger partial charge is 0.429 e. The summed E-state index contributed by atoms with van der Waals surface area (Å²) < 4.78 is 42.7. The maximum Gasteiger partial charge on any atom is 0.336 e. The average Bonchev–Trinajstić information content (AvgIpc) is 3.31. The van der Waals surface area contributed by atoms with Gasteiger partial charge in [0.1, 0.15) is 97.7 Å². The molecule has 0 aromatic carbocycles. The first kappa shape index (κ1) is 56.9. The highest BCUT2D eigenvalue weighted by molar-refractivity contribution is 5.88. The van der Waals surface area contributed by atoms with Crippen LogP contribution in [0.2, 0.25) is 0 Å². The zero-order chi connectivity index (χ0) is 50.6. The first-order chi connectivity index (χ1) is 32.1. The topological polar surface area (TPSA) is 391 Å². The van der Waals surface area contributed by atoms with Gasteiger partial charge in [-0.25, -0.2) is 9.59 Å². The summed E-state index contributed by atoms with van der Waals surface area (Å²) in [5.74, 6) is -1.88. The van der Waals surface area contributed by atoms with E-state index < -0.39 is 161 Å². The van der Waals surface area contributed by atoms with Gasteiger partial charge < -0.3 is 109 Å². The Balaban J connectivity index is 1.23.